The van der Waals surface area contributed by atoms with Crippen LogP contribution in [-0.4, -0.2) is 11.1 Å². The van der Waals surface area contributed by atoms with Crippen LogP contribution in [0.15, 0.2) is 36.4 Å². The summed E-state index contributed by atoms with van der Waals surface area (Å²) in [4.78, 5) is 10.8. The molecule has 6 heteroatoms. The molecule has 0 aliphatic heterocycles. The van der Waals surface area contributed by atoms with E-state index < -0.39 is 17.6 Å². The van der Waals surface area contributed by atoms with E-state index in [4.69, 9.17) is 16.7 Å². The van der Waals surface area contributed by atoms with Crippen LogP contribution in [0.5, 0.6) is 0 Å². The van der Waals surface area contributed by atoms with E-state index in [1.165, 1.54) is 30.3 Å². The summed E-state index contributed by atoms with van der Waals surface area (Å²) < 4.78 is 26.5. The SMILES string of the molecule is O=C(O)c1ccc(F)c(NCc2ccc(F)c(Cl)c2)c1. The van der Waals surface area contributed by atoms with Crippen LogP contribution >= 0.6 is 11.6 Å². The van der Waals surface area contributed by atoms with Crippen molar-refractivity contribution in [3.05, 3.63) is 64.2 Å². The van der Waals surface area contributed by atoms with Gasteiger partial charge in [-0.1, -0.05) is 17.7 Å². The molecule has 0 aromatic heterocycles. The minimum atomic E-state index is -1.14. The summed E-state index contributed by atoms with van der Waals surface area (Å²) >= 11 is 5.64. The molecule has 20 heavy (non-hydrogen) atoms. The Labute approximate surface area is 118 Å². The summed E-state index contributed by atoms with van der Waals surface area (Å²) in [6.45, 7) is 0.194. The van der Waals surface area contributed by atoms with Crippen molar-refractivity contribution in [2.75, 3.05) is 5.32 Å². The number of carbonyl (C=O) groups is 1. The first-order chi connectivity index (χ1) is 9.47. The zero-order chi connectivity index (χ0) is 14.7. The van der Waals surface area contributed by atoms with Crippen LogP contribution in [0, 0.1) is 11.6 Å². The fourth-order valence-corrected chi connectivity index (χ4v) is 1.84. The molecule has 0 heterocycles. The first-order valence-corrected chi connectivity index (χ1v) is 6.06. The van der Waals surface area contributed by atoms with Gasteiger partial charge >= 0.3 is 5.97 Å². The van der Waals surface area contributed by atoms with Crippen molar-refractivity contribution < 1.29 is 18.7 Å². The average molecular weight is 298 g/mol. The van der Waals surface area contributed by atoms with Gasteiger partial charge < -0.3 is 10.4 Å². The van der Waals surface area contributed by atoms with E-state index in [2.05, 4.69) is 5.32 Å². The summed E-state index contributed by atoms with van der Waals surface area (Å²) in [7, 11) is 0. The monoisotopic (exact) mass is 297 g/mol. The molecule has 0 atom stereocenters. The Bertz CT molecular complexity index is 662. The molecule has 0 saturated carbocycles. The van der Waals surface area contributed by atoms with E-state index in [1.807, 2.05) is 0 Å². The van der Waals surface area contributed by atoms with Crippen LogP contribution in [0.3, 0.4) is 0 Å². The lowest BCUT2D eigenvalue weighted by molar-refractivity contribution is 0.0697. The van der Waals surface area contributed by atoms with Crippen molar-refractivity contribution in [3.63, 3.8) is 0 Å². The van der Waals surface area contributed by atoms with Gasteiger partial charge in [-0.3, -0.25) is 0 Å². The molecular formula is C14H10ClF2NO2. The van der Waals surface area contributed by atoms with Gasteiger partial charge in [-0.05, 0) is 35.9 Å². The molecule has 0 spiro atoms. The second-order valence-corrected chi connectivity index (χ2v) is 4.51. The first-order valence-electron chi connectivity index (χ1n) is 5.68. The van der Waals surface area contributed by atoms with Crippen LogP contribution in [0.4, 0.5) is 14.5 Å². The van der Waals surface area contributed by atoms with E-state index in [-0.39, 0.29) is 22.8 Å². The number of carboxylic acid groups (broad SMARTS) is 1. The number of aromatic carboxylic acids is 1. The van der Waals surface area contributed by atoms with Crippen molar-refractivity contribution in [1.82, 2.24) is 0 Å². The molecule has 2 N–H and O–H groups in total. The molecular weight excluding hydrogens is 288 g/mol. The number of benzene rings is 2. The van der Waals surface area contributed by atoms with Gasteiger partial charge in [-0.2, -0.15) is 0 Å². The van der Waals surface area contributed by atoms with E-state index in [0.717, 1.165) is 6.07 Å². The lowest BCUT2D eigenvalue weighted by Gasteiger charge is -2.09. The smallest absolute Gasteiger partial charge is 0.335 e. The number of rotatable bonds is 4. The maximum atomic E-state index is 13.5. The predicted octanol–water partition coefficient (Wildman–Crippen LogP) is 3.93. The highest BCUT2D eigenvalue weighted by molar-refractivity contribution is 6.30. The Hall–Kier alpha value is -2.14. The highest BCUT2D eigenvalue weighted by Crippen LogP contribution is 2.19. The molecule has 0 aliphatic rings. The lowest BCUT2D eigenvalue weighted by Crippen LogP contribution is -2.04. The Balaban J connectivity index is 2.15. The predicted molar refractivity (Wildman–Crippen MR) is 72.1 cm³/mol. The molecule has 0 aliphatic carbocycles. The van der Waals surface area contributed by atoms with Crippen molar-refractivity contribution >= 4 is 23.3 Å². The quantitative estimate of drug-likeness (QED) is 0.899. The van der Waals surface area contributed by atoms with Crippen molar-refractivity contribution in [1.29, 1.82) is 0 Å². The molecule has 2 rings (SSSR count). The third-order valence-electron chi connectivity index (χ3n) is 2.68. The van der Waals surface area contributed by atoms with Crippen LogP contribution in [0.1, 0.15) is 15.9 Å². The van der Waals surface area contributed by atoms with Crippen LogP contribution < -0.4 is 5.32 Å². The number of carboxylic acids is 1. The Morgan fingerprint density at radius 2 is 1.85 bits per heavy atom. The molecule has 2 aromatic carbocycles. The fourth-order valence-electron chi connectivity index (χ4n) is 1.64. The van der Waals surface area contributed by atoms with E-state index in [0.29, 0.717) is 5.56 Å². The summed E-state index contributed by atoms with van der Waals surface area (Å²) in [5.41, 5.74) is 0.688. The highest BCUT2D eigenvalue weighted by Gasteiger charge is 2.08. The molecule has 0 saturated heterocycles. The van der Waals surface area contributed by atoms with Gasteiger partial charge in [0.2, 0.25) is 0 Å². The zero-order valence-corrected chi connectivity index (χ0v) is 10.9. The minimum absolute atomic E-state index is 0.0222. The Morgan fingerprint density at radius 3 is 2.50 bits per heavy atom. The van der Waals surface area contributed by atoms with E-state index in [9.17, 15) is 13.6 Å². The molecule has 0 fully saturated rings. The molecule has 104 valence electrons. The van der Waals surface area contributed by atoms with Crippen LogP contribution in [0.25, 0.3) is 0 Å². The average Bonchev–Trinajstić information content (AvgIpc) is 2.41. The van der Waals surface area contributed by atoms with Gasteiger partial charge in [0.25, 0.3) is 0 Å². The van der Waals surface area contributed by atoms with Crippen molar-refractivity contribution in [3.8, 4) is 0 Å². The fraction of sp³-hybridized carbons (Fsp3) is 0.0714. The third kappa shape index (κ3) is 3.24. The molecule has 0 amide bonds. The zero-order valence-electron chi connectivity index (χ0n) is 10.2. The van der Waals surface area contributed by atoms with Gasteiger partial charge in [0.15, 0.2) is 0 Å². The normalized spacial score (nSPS) is 10.3. The van der Waals surface area contributed by atoms with Gasteiger partial charge in [0, 0.05) is 6.54 Å². The summed E-state index contributed by atoms with van der Waals surface area (Å²) in [6.07, 6.45) is 0. The van der Waals surface area contributed by atoms with Crippen LogP contribution in [-0.2, 0) is 6.54 Å². The van der Waals surface area contributed by atoms with Crippen molar-refractivity contribution in [2.45, 2.75) is 6.54 Å². The maximum absolute atomic E-state index is 13.5. The van der Waals surface area contributed by atoms with Gasteiger partial charge in [-0.25, -0.2) is 13.6 Å². The number of hydrogen-bond donors (Lipinski definition) is 2. The van der Waals surface area contributed by atoms with E-state index >= 15 is 0 Å². The summed E-state index contributed by atoms with van der Waals surface area (Å²) in [5, 5.41) is 11.6. The standard InChI is InChI=1S/C14H10ClF2NO2/c15-10-5-8(1-3-11(10)16)7-18-13-6-9(14(19)20)2-4-12(13)17/h1-6,18H,7H2,(H,19,20). The van der Waals surface area contributed by atoms with Gasteiger partial charge in [0.1, 0.15) is 11.6 Å². The number of nitrogens with one attached hydrogen (secondary N) is 1. The number of anilines is 1. The number of halogens is 3. The van der Waals surface area contributed by atoms with Gasteiger partial charge in [-0.15, -0.1) is 0 Å². The second kappa shape index (κ2) is 5.88. The molecule has 3 nitrogen and oxygen atoms in total. The number of hydrogen-bond acceptors (Lipinski definition) is 2. The van der Waals surface area contributed by atoms with Crippen LogP contribution in [0.2, 0.25) is 5.02 Å². The maximum Gasteiger partial charge on any atom is 0.335 e. The molecule has 0 bridgehead atoms. The first kappa shape index (κ1) is 14.3. The largest absolute Gasteiger partial charge is 0.478 e. The molecule has 0 unspecified atom stereocenters. The molecule has 0 radical (unpaired) electrons. The lowest BCUT2D eigenvalue weighted by atomic mass is 10.1. The van der Waals surface area contributed by atoms with Gasteiger partial charge in [0.05, 0.1) is 16.3 Å². The second-order valence-electron chi connectivity index (χ2n) is 4.10. The minimum Gasteiger partial charge on any atom is -0.478 e. The Morgan fingerprint density at radius 1 is 1.15 bits per heavy atom. The summed E-state index contributed by atoms with van der Waals surface area (Å²) in [5.74, 6) is -2.24. The molecule has 2 aromatic rings. The topological polar surface area (TPSA) is 49.3 Å². The highest BCUT2D eigenvalue weighted by atomic mass is 35.5. The third-order valence-corrected chi connectivity index (χ3v) is 2.97. The Kier molecular flexibility index (Phi) is 4.20. The summed E-state index contributed by atoms with van der Waals surface area (Å²) in [6, 6.07) is 7.59. The van der Waals surface area contributed by atoms with Crippen molar-refractivity contribution in [2.24, 2.45) is 0 Å². The van der Waals surface area contributed by atoms with E-state index in [1.54, 1.807) is 0 Å².